The molecule has 2 aromatic carbocycles. The van der Waals surface area contributed by atoms with Crippen molar-refractivity contribution in [2.45, 2.75) is 19.3 Å². The maximum absolute atomic E-state index is 10.9. The van der Waals surface area contributed by atoms with Gasteiger partial charge in [0.05, 0.1) is 14.2 Å². The van der Waals surface area contributed by atoms with E-state index in [-0.39, 0.29) is 31.8 Å². The third-order valence-electron chi connectivity index (χ3n) is 4.63. The molecule has 8 heteroatoms. The van der Waals surface area contributed by atoms with Crippen LogP contribution in [0.25, 0.3) is 0 Å². The maximum Gasteiger partial charge on any atom is 0.508 e. The van der Waals surface area contributed by atoms with Crippen LogP contribution in [-0.2, 0) is 24.4 Å². The van der Waals surface area contributed by atoms with Crippen molar-refractivity contribution in [1.29, 1.82) is 0 Å². The zero-order valence-corrected chi connectivity index (χ0v) is 18.2. The minimum atomic E-state index is -0.730. The summed E-state index contributed by atoms with van der Waals surface area (Å²) < 4.78 is 29.5. The lowest BCUT2D eigenvalue weighted by molar-refractivity contribution is 0.0610. The summed E-state index contributed by atoms with van der Waals surface area (Å²) in [5.74, 6) is 1.37. The van der Waals surface area contributed by atoms with Gasteiger partial charge in [0, 0.05) is 5.41 Å². The largest absolute Gasteiger partial charge is 0.508 e. The van der Waals surface area contributed by atoms with Gasteiger partial charge >= 0.3 is 12.3 Å². The molecule has 0 fully saturated rings. The van der Waals surface area contributed by atoms with Crippen LogP contribution < -0.4 is 9.47 Å². The maximum atomic E-state index is 10.9. The molecule has 0 atom stereocenters. The highest BCUT2D eigenvalue weighted by molar-refractivity contribution is 5.59. The summed E-state index contributed by atoms with van der Waals surface area (Å²) in [7, 11) is 2.51. The van der Waals surface area contributed by atoms with Gasteiger partial charge in [-0.15, -0.1) is 0 Å². The molecule has 0 bridgehead atoms. The van der Waals surface area contributed by atoms with Crippen molar-refractivity contribution in [3.8, 4) is 11.5 Å². The Hall–Kier alpha value is -3.42. The summed E-state index contributed by atoms with van der Waals surface area (Å²) in [6.07, 6.45) is -1.46. The molecule has 0 radical (unpaired) electrons. The monoisotopic (exact) mass is 432 g/mol. The lowest BCUT2D eigenvalue weighted by atomic mass is 9.78. The van der Waals surface area contributed by atoms with Crippen molar-refractivity contribution in [3.63, 3.8) is 0 Å². The predicted molar refractivity (Wildman–Crippen MR) is 113 cm³/mol. The van der Waals surface area contributed by atoms with E-state index in [4.69, 9.17) is 18.9 Å². The summed E-state index contributed by atoms with van der Waals surface area (Å²) in [4.78, 5) is 21.8. The Morgan fingerprint density at radius 1 is 0.645 bits per heavy atom. The Labute approximate surface area is 182 Å². The Bertz CT molecular complexity index is 758. The molecule has 0 amide bonds. The number of methoxy groups -OCH3 is 2. The Morgan fingerprint density at radius 3 is 1.32 bits per heavy atom. The van der Waals surface area contributed by atoms with E-state index in [0.29, 0.717) is 11.5 Å². The second-order valence-electron chi connectivity index (χ2n) is 6.98. The number of rotatable bonds is 10. The van der Waals surface area contributed by atoms with Crippen molar-refractivity contribution in [1.82, 2.24) is 0 Å². The first kappa shape index (κ1) is 23.9. The van der Waals surface area contributed by atoms with E-state index < -0.39 is 12.3 Å². The van der Waals surface area contributed by atoms with Crippen LogP contribution in [-0.4, -0.2) is 53.0 Å². The van der Waals surface area contributed by atoms with Crippen LogP contribution in [0.15, 0.2) is 48.5 Å². The lowest BCUT2D eigenvalue weighted by Gasteiger charge is -2.26. The van der Waals surface area contributed by atoms with Crippen LogP contribution in [0.3, 0.4) is 0 Å². The highest BCUT2D eigenvalue weighted by Crippen LogP contribution is 2.33. The van der Waals surface area contributed by atoms with E-state index in [1.54, 1.807) is 0 Å². The van der Waals surface area contributed by atoms with Crippen LogP contribution in [0.1, 0.15) is 25.0 Å². The number of benzene rings is 2. The molecular weight excluding hydrogens is 404 g/mol. The molecule has 0 aliphatic heterocycles. The number of carbonyl (C=O) groups excluding carboxylic acids is 2. The van der Waals surface area contributed by atoms with E-state index in [1.165, 1.54) is 14.2 Å². The molecule has 168 valence electrons. The molecule has 0 saturated carbocycles. The third kappa shape index (κ3) is 7.40. The summed E-state index contributed by atoms with van der Waals surface area (Å²) >= 11 is 0. The minimum absolute atomic E-state index is 0.114. The molecule has 0 aromatic heterocycles. The molecule has 31 heavy (non-hydrogen) atoms. The first-order valence-electron chi connectivity index (χ1n) is 9.75. The number of hydrogen-bond donors (Lipinski definition) is 0. The van der Waals surface area contributed by atoms with Gasteiger partial charge in [-0.3, -0.25) is 0 Å². The minimum Gasteiger partial charge on any atom is -0.490 e. The first-order valence-corrected chi connectivity index (χ1v) is 9.75. The molecule has 0 spiro atoms. The van der Waals surface area contributed by atoms with Crippen molar-refractivity contribution in [3.05, 3.63) is 59.7 Å². The van der Waals surface area contributed by atoms with Crippen molar-refractivity contribution in [2.75, 3.05) is 40.6 Å². The van der Waals surface area contributed by atoms with E-state index in [9.17, 15) is 9.59 Å². The SMILES string of the molecule is COC(=O)OCCOc1ccc(C(C)(C)c2ccc(OCCOC(=O)OC)cc2)cc1. The second kappa shape index (κ2) is 11.7. The summed E-state index contributed by atoms with van der Waals surface area (Å²) in [5.41, 5.74) is 2.00. The molecule has 8 nitrogen and oxygen atoms in total. The van der Waals surface area contributed by atoms with Gasteiger partial charge in [-0.2, -0.15) is 0 Å². The van der Waals surface area contributed by atoms with Gasteiger partial charge < -0.3 is 28.4 Å². The van der Waals surface area contributed by atoms with Crippen LogP contribution in [0.5, 0.6) is 11.5 Å². The van der Waals surface area contributed by atoms with Gasteiger partial charge in [0.1, 0.15) is 37.9 Å². The van der Waals surface area contributed by atoms with E-state index in [1.807, 2.05) is 48.5 Å². The first-order chi connectivity index (χ1) is 14.9. The zero-order chi connectivity index (χ0) is 22.7. The van der Waals surface area contributed by atoms with Gasteiger partial charge in [0.15, 0.2) is 0 Å². The van der Waals surface area contributed by atoms with Gasteiger partial charge in [-0.25, -0.2) is 9.59 Å². The fourth-order valence-electron chi connectivity index (χ4n) is 2.79. The third-order valence-corrected chi connectivity index (χ3v) is 4.63. The predicted octanol–water partition coefficient (Wildman–Crippen LogP) is 4.34. The van der Waals surface area contributed by atoms with Crippen LogP contribution in [0, 0.1) is 0 Å². The molecule has 2 rings (SSSR count). The molecule has 0 saturated heterocycles. The van der Waals surface area contributed by atoms with Crippen LogP contribution in [0.2, 0.25) is 0 Å². The summed E-state index contributed by atoms with van der Waals surface area (Å²) in [6, 6.07) is 15.6. The average Bonchev–Trinajstić information content (AvgIpc) is 2.79. The topological polar surface area (TPSA) is 89.5 Å². The highest BCUT2D eigenvalue weighted by Gasteiger charge is 2.23. The van der Waals surface area contributed by atoms with Gasteiger partial charge in [-0.05, 0) is 35.4 Å². The summed E-state index contributed by atoms with van der Waals surface area (Å²) in [5, 5.41) is 0. The Balaban J connectivity index is 1.89. The molecule has 0 aliphatic carbocycles. The normalized spacial score (nSPS) is 10.7. The van der Waals surface area contributed by atoms with Gasteiger partial charge in [0.2, 0.25) is 0 Å². The van der Waals surface area contributed by atoms with Crippen molar-refractivity contribution in [2.24, 2.45) is 0 Å². The molecule has 0 heterocycles. The summed E-state index contributed by atoms with van der Waals surface area (Å²) in [6.45, 7) is 4.97. The van der Waals surface area contributed by atoms with Crippen molar-refractivity contribution < 1.29 is 38.0 Å². The number of ether oxygens (including phenoxy) is 6. The van der Waals surface area contributed by atoms with Crippen molar-refractivity contribution >= 4 is 12.3 Å². The average molecular weight is 432 g/mol. The molecule has 0 unspecified atom stereocenters. The van der Waals surface area contributed by atoms with Gasteiger partial charge in [-0.1, -0.05) is 38.1 Å². The Kier molecular flexibility index (Phi) is 8.99. The standard InChI is InChI=1S/C23H28O8/c1-23(2,17-5-9-19(10-6-17)28-13-15-30-21(24)26-3)18-7-11-20(12-8-18)29-14-16-31-22(25)27-4/h5-12H,13-16H2,1-4H3. The fraction of sp³-hybridized carbons (Fsp3) is 0.391. The van der Waals surface area contributed by atoms with E-state index >= 15 is 0 Å². The van der Waals surface area contributed by atoms with E-state index in [0.717, 1.165) is 11.1 Å². The quantitative estimate of drug-likeness (QED) is 0.405. The van der Waals surface area contributed by atoms with E-state index in [2.05, 4.69) is 23.3 Å². The Morgan fingerprint density at radius 2 is 1.00 bits per heavy atom. The van der Waals surface area contributed by atoms with Crippen LogP contribution >= 0.6 is 0 Å². The lowest BCUT2D eigenvalue weighted by Crippen LogP contribution is -2.19. The second-order valence-corrected chi connectivity index (χ2v) is 6.98. The van der Waals surface area contributed by atoms with Gasteiger partial charge in [0.25, 0.3) is 0 Å². The highest BCUT2D eigenvalue weighted by atomic mass is 16.7. The number of carbonyl (C=O) groups is 2. The zero-order valence-electron chi connectivity index (χ0n) is 18.2. The molecular formula is C23H28O8. The molecule has 0 aliphatic rings. The smallest absolute Gasteiger partial charge is 0.490 e. The fourth-order valence-corrected chi connectivity index (χ4v) is 2.79. The molecule has 2 aromatic rings. The number of hydrogen-bond acceptors (Lipinski definition) is 8. The van der Waals surface area contributed by atoms with Crippen LogP contribution in [0.4, 0.5) is 9.59 Å². The molecule has 0 N–H and O–H groups in total.